The molecule has 0 bridgehead atoms. The summed E-state index contributed by atoms with van der Waals surface area (Å²) in [6.45, 7) is 15.1. The van der Waals surface area contributed by atoms with E-state index in [0.29, 0.717) is 37.1 Å². The van der Waals surface area contributed by atoms with Gasteiger partial charge in [0.2, 0.25) is 0 Å². The predicted octanol–water partition coefficient (Wildman–Crippen LogP) is 18.9. The van der Waals surface area contributed by atoms with E-state index in [-0.39, 0.29) is 37.1 Å². The number of allylic oxidation sites excluding steroid dienone is 3. The summed E-state index contributed by atoms with van der Waals surface area (Å²) < 4.78 is 0. The second-order valence-electron chi connectivity index (χ2n) is 27.0. The second kappa shape index (κ2) is 37.3. The largest absolute Gasteiger partial charge is 0.508 e. The summed E-state index contributed by atoms with van der Waals surface area (Å²) >= 11 is 0. The van der Waals surface area contributed by atoms with E-state index in [1.165, 1.54) is 77.8 Å². The number of phenols is 3. The normalized spacial score (nSPS) is 15.7. The van der Waals surface area contributed by atoms with Crippen LogP contribution in [0.25, 0.3) is 39.0 Å². The van der Waals surface area contributed by atoms with Gasteiger partial charge in [0, 0.05) is 39.0 Å². The third-order valence-corrected chi connectivity index (χ3v) is 20.0. The molecule has 99 heavy (non-hydrogen) atoms. The van der Waals surface area contributed by atoms with Crippen molar-refractivity contribution in [2.24, 2.45) is 0 Å². The Bertz CT molecular complexity index is 4070. The molecule has 3 aliphatic heterocycles. The van der Waals surface area contributed by atoms with Gasteiger partial charge in [-0.2, -0.15) is 0 Å². The van der Waals surface area contributed by atoms with Crippen molar-refractivity contribution in [1.29, 1.82) is 0 Å². The molecule has 9 aromatic carbocycles. The van der Waals surface area contributed by atoms with Gasteiger partial charge < -0.3 is 40.4 Å². The molecular weight excluding hydrogens is 1220 g/mol. The van der Waals surface area contributed by atoms with Crippen LogP contribution in [0.3, 0.4) is 0 Å². The van der Waals surface area contributed by atoms with E-state index in [4.69, 9.17) is 0 Å². The molecule has 9 heteroatoms. The average molecular weight is 1320 g/mol. The first-order chi connectivity index (χ1) is 48.4. The lowest BCUT2D eigenvalue weighted by Gasteiger charge is -2.31. The highest BCUT2D eigenvalue weighted by atomic mass is 16.3. The Morgan fingerprint density at radius 1 is 0.394 bits per heavy atom. The van der Waals surface area contributed by atoms with Gasteiger partial charge in [0.15, 0.2) is 0 Å². The zero-order valence-corrected chi connectivity index (χ0v) is 58.7. The molecule has 3 heterocycles. The van der Waals surface area contributed by atoms with E-state index in [0.717, 1.165) is 125 Å². The molecule has 0 atom stereocenters. The first-order valence-corrected chi connectivity index (χ1v) is 36.1. The van der Waals surface area contributed by atoms with Crippen LogP contribution in [0.15, 0.2) is 243 Å². The number of phenolic OH excluding ortho intramolecular Hbond substituents is 3. The van der Waals surface area contributed by atoms with Gasteiger partial charge in [-0.25, -0.2) is 0 Å². The number of rotatable bonds is 23. The van der Waals surface area contributed by atoms with Gasteiger partial charge in [0.05, 0.1) is 0 Å². The van der Waals surface area contributed by atoms with Crippen molar-refractivity contribution in [2.75, 3.05) is 72.7 Å². The molecule has 0 radical (unpaired) electrons. The van der Waals surface area contributed by atoms with Gasteiger partial charge in [-0.3, -0.25) is 4.90 Å². The maximum absolute atomic E-state index is 10.2. The quantitative estimate of drug-likeness (QED) is 0.0347. The number of aliphatic hydroxyl groups is 3. The third-order valence-electron chi connectivity index (χ3n) is 20.0. The number of hydrogen-bond donors (Lipinski definition) is 6. The molecule has 0 saturated carbocycles. The zero-order chi connectivity index (χ0) is 69.3. The fourth-order valence-corrected chi connectivity index (χ4v) is 14.5. The lowest BCUT2D eigenvalue weighted by atomic mass is 9.85. The summed E-state index contributed by atoms with van der Waals surface area (Å²) in [7, 11) is 2.20. The molecule has 0 amide bonds. The van der Waals surface area contributed by atoms with Crippen LogP contribution in [0.5, 0.6) is 17.2 Å². The summed E-state index contributed by atoms with van der Waals surface area (Å²) in [6, 6.07) is 81.1. The second-order valence-corrected chi connectivity index (χ2v) is 27.0. The first-order valence-electron chi connectivity index (χ1n) is 36.1. The Kier molecular flexibility index (Phi) is 27.5. The molecule has 0 unspecified atom stereocenters. The number of benzene rings is 9. The van der Waals surface area contributed by atoms with Crippen LogP contribution in [-0.2, 0) is 0 Å². The van der Waals surface area contributed by atoms with E-state index in [1.54, 1.807) is 18.2 Å². The van der Waals surface area contributed by atoms with Crippen LogP contribution in [0, 0.1) is 0 Å². The highest BCUT2D eigenvalue weighted by Gasteiger charge is 2.24. The summed E-state index contributed by atoms with van der Waals surface area (Å²) in [5, 5.41) is 59.4. The summed E-state index contributed by atoms with van der Waals surface area (Å²) in [5.74, 6) is 2.02. The van der Waals surface area contributed by atoms with Crippen LogP contribution >= 0.6 is 0 Å². The Balaban J connectivity index is 0.000000161. The molecule has 9 nitrogen and oxygen atoms in total. The average Bonchev–Trinajstić information content (AvgIpc) is 0.812. The van der Waals surface area contributed by atoms with Crippen molar-refractivity contribution in [3.8, 4) is 17.2 Å². The predicted molar refractivity (Wildman–Crippen MR) is 413 cm³/mol. The van der Waals surface area contributed by atoms with Gasteiger partial charge >= 0.3 is 0 Å². The molecule has 3 aliphatic rings. The van der Waals surface area contributed by atoms with Crippen molar-refractivity contribution < 1.29 is 30.6 Å². The SMILES string of the molecule is CC(C)N1CC=C(c2ccc(/C(=C(/CCCO)c3ccccc3)c3cccc(O)c3)cc2)CC1.CCN1CCC(c2ccc(/C(=C(/CCCO)c3ccccc3)c3cccc(O)c3)cc2)CC1.CN1CCC(c2ccc(/C(=C(/CCCO)c3ccccc3)c3cccc(O)c3)cc2)CC1. The number of aromatic hydroxyl groups is 3. The van der Waals surface area contributed by atoms with Crippen LogP contribution < -0.4 is 0 Å². The maximum Gasteiger partial charge on any atom is 0.116 e. The van der Waals surface area contributed by atoms with E-state index in [9.17, 15) is 30.6 Å². The minimum Gasteiger partial charge on any atom is -0.508 e. The summed E-state index contributed by atoms with van der Waals surface area (Å²) in [5.41, 5.74) is 22.2. The topological polar surface area (TPSA) is 131 Å². The Morgan fingerprint density at radius 3 is 1.05 bits per heavy atom. The monoisotopic (exact) mass is 1320 g/mol. The van der Waals surface area contributed by atoms with Crippen molar-refractivity contribution in [1.82, 2.24) is 14.7 Å². The number of piperidine rings is 2. The van der Waals surface area contributed by atoms with E-state index >= 15 is 0 Å². The van der Waals surface area contributed by atoms with Gasteiger partial charge in [0.1, 0.15) is 17.2 Å². The van der Waals surface area contributed by atoms with Gasteiger partial charge in [-0.15, -0.1) is 0 Å². The Morgan fingerprint density at radius 2 is 0.737 bits per heavy atom. The highest BCUT2D eigenvalue weighted by Crippen LogP contribution is 2.42. The minimum absolute atomic E-state index is 0.143. The van der Waals surface area contributed by atoms with Crippen LogP contribution in [0.2, 0.25) is 0 Å². The molecular formula is C90H103N3O6. The van der Waals surface area contributed by atoms with Crippen molar-refractivity contribution in [3.63, 3.8) is 0 Å². The van der Waals surface area contributed by atoms with Crippen molar-refractivity contribution in [3.05, 3.63) is 309 Å². The van der Waals surface area contributed by atoms with Gasteiger partial charge in [0.25, 0.3) is 0 Å². The van der Waals surface area contributed by atoms with Crippen LogP contribution in [0.4, 0.5) is 0 Å². The molecule has 2 fully saturated rings. The number of aliphatic hydroxyl groups excluding tert-OH is 3. The molecule has 6 N–H and O–H groups in total. The number of hydrogen-bond acceptors (Lipinski definition) is 9. The molecule has 514 valence electrons. The van der Waals surface area contributed by atoms with Crippen molar-refractivity contribution >= 4 is 39.0 Å². The van der Waals surface area contributed by atoms with Crippen LogP contribution in [0.1, 0.15) is 170 Å². The lowest BCUT2D eigenvalue weighted by molar-refractivity contribution is 0.222. The Labute approximate surface area is 589 Å². The summed E-state index contributed by atoms with van der Waals surface area (Å²) in [4.78, 5) is 7.43. The molecule has 12 rings (SSSR count). The van der Waals surface area contributed by atoms with Crippen LogP contribution in [-0.4, -0.2) is 124 Å². The van der Waals surface area contributed by atoms with Gasteiger partial charge in [-0.1, -0.05) is 213 Å². The summed E-state index contributed by atoms with van der Waals surface area (Å²) in [6.07, 6.45) is 12.6. The smallest absolute Gasteiger partial charge is 0.116 e. The van der Waals surface area contributed by atoms with E-state index in [2.05, 4.69) is 200 Å². The maximum atomic E-state index is 10.2. The fraction of sp³-hybridized carbons (Fsp3) is 0.311. The fourth-order valence-electron chi connectivity index (χ4n) is 14.5. The number of likely N-dealkylation sites (tertiary alicyclic amines) is 2. The third kappa shape index (κ3) is 20.2. The number of nitrogens with zero attached hydrogens (tertiary/aromatic N) is 3. The molecule has 0 spiro atoms. The van der Waals surface area contributed by atoms with E-state index in [1.807, 2.05) is 66.7 Å². The molecule has 9 aromatic rings. The molecule has 0 aliphatic carbocycles. The molecule has 0 aromatic heterocycles. The minimum atomic E-state index is 0.143. The lowest BCUT2D eigenvalue weighted by Crippen LogP contribution is -2.34. The zero-order valence-electron chi connectivity index (χ0n) is 58.7. The highest BCUT2D eigenvalue weighted by molar-refractivity contribution is 6.01. The van der Waals surface area contributed by atoms with Gasteiger partial charge in [-0.05, 0) is 278 Å². The standard InChI is InChI=1S/C31H35NO2.C30H35NO2.C29H33NO2/c1-23(2)32-19-17-25(18-20-32)24-13-15-27(16-14-24)31(28-10-6-11-29(34)22-28)30(12-7-21-33)26-8-4-3-5-9-26;1-2-31-19-17-24(18-20-31)23-13-15-26(16-14-23)30(27-10-6-11-28(33)22-27)29(12-7-21-32)25-8-4-3-5-9-25;1-30-18-16-23(17-19-30)22-12-14-25(15-13-22)29(26-9-5-10-27(32)21-26)28(11-6-20-31)24-7-3-2-4-8-24/h3-6,8-11,13-17,22-23,33-34H,7,12,18-21H2,1-2H3;3-6,8-11,13-16,22,24,32-33H,2,7,12,17-21H2,1H3;2-5,7-10,12-15,21,23,31-32H,6,11,16-20H2,1H3/b31-30+;30-29+;29-28+. The van der Waals surface area contributed by atoms with E-state index < -0.39 is 0 Å². The first kappa shape index (κ1) is 72.8. The van der Waals surface area contributed by atoms with Crippen molar-refractivity contribution in [2.45, 2.75) is 109 Å². The Hall–Kier alpha value is -8.90. The molecule has 2 saturated heterocycles.